The van der Waals surface area contributed by atoms with Crippen molar-refractivity contribution in [3.05, 3.63) is 45.4 Å². The lowest BCUT2D eigenvalue weighted by atomic mass is 10.1. The SMILES string of the molecule is CCc1ccc(C(=O)NCCc2nc(C(=O)O)cs2)cc1S(C)(=O)=O. The van der Waals surface area contributed by atoms with Crippen LogP contribution >= 0.6 is 11.3 Å². The fraction of sp³-hybridized carbons (Fsp3) is 0.312. The van der Waals surface area contributed by atoms with Crippen molar-refractivity contribution >= 4 is 33.1 Å². The molecule has 0 saturated carbocycles. The number of aromatic carboxylic acids is 1. The van der Waals surface area contributed by atoms with Gasteiger partial charge in [-0.3, -0.25) is 4.79 Å². The summed E-state index contributed by atoms with van der Waals surface area (Å²) in [6, 6.07) is 4.62. The maximum Gasteiger partial charge on any atom is 0.355 e. The van der Waals surface area contributed by atoms with Crippen LogP contribution in [0, 0.1) is 0 Å². The molecule has 1 aromatic carbocycles. The summed E-state index contributed by atoms with van der Waals surface area (Å²) in [6.45, 7) is 2.12. The number of hydrogen-bond donors (Lipinski definition) is 2. The van der Waals surface area contributed by atoms with Crippen molar-refractivity contribution in [3.63, 3.8) is 0 Å². The number of nitrogens with one attached hydrogen (secondary N) is 1. The van der Waals surface area contributed by atoms with E-state index in [9.17, 15) is 18.0 Å². The van der Waals surface area contributed by atoms with Crippen molar-refractivity contribution in [2.24, 2.45) is 0 Å². The average Bonchev–Trinajstić information content (AvgIpc) is 3.02. The van der Waals surface area contributed by atoms with E-state index in [1.807, 2.05) is 6.92 Å². The van der Waals surface area contributed by atoms with E-state index in [0.717, 1.165) is 6.26 Å². The average molecular weight is 382 g/mol. The Balaban J connectivity index is 2.04. The van der Waals surface area contributed by atoms with E-state index < -0.39 is 15.8 Å². The largest absolute Gasteiger partial charge is 0.476 e. The molecule has 0 aliphatic carbocycles. The molecule has 0 aliphatic heterocycles. The fourth-order valence-electron chi connectivity index (χ4n) is 2.24. The van der Waals surface area contributed by atoms with E-state index in [1.54, 1.807) is 12.1 Å². The first kappa shape index (κ1) is 19.1. The summed E-state index contributed by atoms with van der Waals surface area (Å²) in [4.78, 5) is 27.1. The fourth-order valence-corrected chi connectivity index (χ4v) is 4.04. The molecule has 1 aromatic heterocycles. The molecule has 0 fully saturated rings. The lowest BCUT2D eigenvalue weighted by molar-refractivity contribution is 0.0690. The number of rotatable bonds is 7. The highest BCUT2D eigenvalue weighted by Gasteiger charge is 2.16. The second kappa shape index (κ2) is 7.75. The Bertz CT molecular complexity index is 903. The van der Waals surface area contributed by atoms with Gasteiger partial charge in [0.1, 0.15) is 0 Å². The van der Waals surface area contributed by atoms with Crippen molar-refractivity contribution in [2.75, 3.05) is 12.8 Å². The molecular formula is C16H18N2O5S2. The van der Waals surface area contributed by atoms with Gasteiger partial charge in [0.15, 0.2) is 15.5 Å². The van der Waals surface area contributed by atoms with Crippen LogP contribution in [0.2, 0.25) is 0 Å². The summed E-state index contributed by atoms with van der Waals surface area (Å²) < 4.78 is 23.7. The van der Waals surface area contributed by atoms with Gasteiger partial charge < -0.3 is 10.4 Å². The number of nitrogens with zero attached hydrogens (tertiary/aromatic N) is 1. The number of carboxylic acid groups (broad SMARTS) is 1. The second-order valence-electron chi connectivity index (χ2n) is 5.39. The number of amides is 1. The zero-order valence-electron chi connectivity index (χ0n) is 13.8. The van der Waals surface area contributed by atoms with Gasteiger partial charge >= 0.3 is 5.97 Å². The number of carboxylic acids is 1. The van der Waals surface area contributed by atoms with Crippen LogP contribution in [0.4, 0.5) is 0 Å². The summed E-state index contributed by atoms with van der Waals surface area (Å²) in [5, 5.41) is 13.6. The standard InChI is InChI=1S/C16H18N2O5S2/c1-3-10-4-5-11(8-13(10)25(2,22)23)15(19)17-7-6-14-18-12(9-24-14)16(20)21/h4-5,8-9H,3,6-7H2,1-2H3,(H,17,19)(H,20,21). The van der Waals surface area contributed by atoms with Crippen LogP contribution in [0.15, 0.2) is 28.5 Å². The van der Waals surface area contributed by atoms with Crippen LogP contribution in [0.25, 0.3) is 0 Å². The molecule has 134 valence electrons. The monoisotopic (exact) mass is 382 g/mol. The van der Waals surface area contributed by atoms with Gasteiger partial charge in [-0.25, -0.2) is 18.2 Å². The normalized spacial score (nSPS) is 11.3. The zero-order valence-corrected chi connectivity index (χ0v) is 15.4. The highest BCUT2D eigenvalue weighted by Crippen LogP contribution is 2.18. The zero-order chi connectivity index (χ0) is 18.6. The quantitative estimate of drug-likeness (QED) is 0.755. The van der Waals surface area contributed by atoms with Crippen LogP contribution in [0.3, 0.4) is 0 Å². The Labute approximate surface area is 149 Å². The smallest absolute Gasteiger partial charge is 0.355 e. The highest BCUT2D eigenvalue weighted by atomic mass is 32.2. The van der Waals surface area contributed by atoms with Gasteiger partial charge in [0.2, 0.25) is 0 Å². The van der Waals surface area contributed by atoms with Crippen molar-refractivity contribution in [1.29, 1.82) is 0 Å². The molecule has 0 aliphatic rings. The second-order valence-corrected chi connectivity index (χ2v) is 8.31. The molecule has 0 unspecified atom stereocenters. The third kappa shape index (κ3) is 4.86. The summed E-state index contributed by atoms with van der Waals surface area (Å²) >= 11 is 1.21. The number of thiazole rings is 1. The first-order valence-corrected chi connectivity index (χ1v) is 10.3. The Morgan fingerprint density at radius 1 is 1.32 bits per heavy atom. The minimum atomic E-state index is -3.41. The maximum atomic E-state index is 12.2. The minimum absolute atomic E-state index is 0.0146. The Morgan fingerprint density at radius 2 is 2.04 bits per heavy atom. The molecule has 2 N–H and O–H groups in total. The summed E-state index contributed by atoms with van der Waals surface area (Å²) in [7, 11) is -3.41. The lowest BCUT2D eigenvalue weighted by Gasteiger charge is -2.09. The predicted molar refractivity (Wildman–Crippen MR) is 94.0 cm³/mol. The van der Waals surface area contributed by atoms with Gasteiger partial charge in [-0.2, -0.15) is 0 Å². The molecule has 2 aromatic rings. The molecule has 7 nitrogen and oxygen atoms in total. The first-order chi connectivity index (χ1) is 11.7. The number of carbonyl (C=O) groups is 2. The van der Waals surface area contributed by atoms with Gasteiger partial charge in [0.05, 0.1) is 9.90 Å². The molecule has 25 heavy (non-hydrogen) atoms. The van der Waals surface area contributed by atoms with Gasteiger partial charge in [-0.15, -0.1) is 11.3 Å². The molecular weight excluding hydrogens is 364 g/mol. The summed E-state index contributed by atoms with van der Waals surface area (Å²) in [5.74, 6) is -1.47. The van der Waals surface area contributed by atoms with E-state index in [1.165, 1.54) is 22.8 Å². The highest BCUT2D eigenvalue weighted by molar-refractivity contribution is 7.90. The van der Waals surface area contributed by atoms with Gasteiger partial charge in [0, 0.05) is 30.2 Å². The van der Waals surface area contributed by atoms with Crippen molar-refractivity contribution in [3.8, 4) is 0 Å². The van der Waals surface area contributed by atoms with E-state index in [0.29, 0.717) is 23.4 Å². The van der Waals surface area contributed by atoms with Crippen LogP contribution in [-0.4, -0.2) is 43.2 Å². The molecule has 0 bridgehead atoms. The molecule has 2 rings (SSSR count). The van der Waals surface area contributed by atoms with E-state index >= 15 is 0 Å². The predicted octanol–water partition coefficient (Wildman–Crippen LogP) is 1.78. The first-order valence-electron chi connectivity index (χ1n) is 7.51. The third-order valence-electron chi connectivity index (χ3n) is 3.51. The maximum absolute atomic E-state index is 12.2. The van der Waals surface area contributed by atoms with Crippen LogP contribution in [-0.2, 0) is 22.7 Å². The minimum Gasteiger partial charge on any atom is -0.476 e. The van der Waals surface area contributed by atoms with E-state index in [4.69, 9.17) is 5.11 Å². The van der Waals surface area contributed by atoms with Gasteiger partial charge in [0.25, 0.3) is 5.91 Å². The number of benzene rings is 1. The number of aromatic nitrogens is 1. The van der Waals surface area contributed by atoms with E-state index in [2.05, 4.69) is 10.3 Å². The van der Waals surface area contributed by atoms with Crippen molar-refractivity contribution < 1.29 is 23.1 Å². The van der Waals surface area contributed by atoms with Gasteiger partial charge in [-0.05, 0) is 24.1 Å². The van der Waals surface area contributed by atoms with Crippen LogP contribution in [0.5, 0.6) is 0 Å². The molecule has 9 heteroatoms. The lowest BCUT2D eigenvalue weighted by Crippen LogP contribution is -2.26. The summed E-state index contributed by atoms with van der Waals surface area (Å²) in [6.07, 6.45) is 2.07. The Hall–Kier alpha value is -2.26. The third-order valence-corrected chi connectivity index (χ3v) is 5.59. The molecule has 1 amide bonds. The molecule has 0 saturated heterocycles. The number of carbonyl (C=O) groups excluding carboxylic acids is 1. The molecule has 0 spiro atoms. The number of aryl methyl sites for hydroxylation is 1. The van der Waals surface area contributed by atoms with Crippen LogP contribution in [0.1, 0.15) is 38.3 Å². The number of sulfone groups is 1. The topological polar surface area (TPSA) is 113 Å². The molecule has 0 atom stereocenters. The van der Waals surface area contributed by atoms with Crippen molar-refractivity contribution in [2.45, 2.75) is 24.7 Å². The number of hydrogen-bond acceptors (Lipinski definition) is 6. The molecule has 1 heterocycles. The van der Waals surface area contributed by atoms with Crippen LogP contribution < -0.4 is 5.32 Å². The van der Waals surface area contributed by atoms with Crippen molar-refractivity contribution in [1.82, 2.24) is 10.3 Å². The van der Waals surface area contributed by atoms with Gasteiger partial charge in [-0.1, -0.05) is 13.0 Å². The Morgan fingerprint density at radius 3 is 2.60 bits per heavy atom. The molecule has 0 radical (unpaired) electrons. The Kier molecular flexibility index (Phi) is 5.91. The van der Waals surface area contributed by atoms with E-state index in [-0.39, 0.29) is 28.6 Å². The summed E-state index contributed by atoms with van der Waals surface area (Å²) in [5.41, 5.74) is 0.922.